The number of hydrogen-bond donors (Lipinski definition) is 0. The van der Waals surface area contributed by atoms with Crippen LogP contribution in [0.4, 0.5) is 22.0 Å². The quantitative estimate of drug-likeness (QED) is 0.0956. The van der Waals surface area contributed by atoms with Gasteiger partial charge in [-0.1, -0.05) is 45.4 Å². The van der Waals surface area contributed by atoms with Gasteiger partial charge in [-0.25, -0.2) is 22.0 Å². The summed E-state index contributed by atoms with van der Waals surface area (Å²) in [6.07, 6.45) is 9.26. The summed E-state index contributed by atoms with van der Waals surface area (Å²) in [5.41, 5.74) is -0.700. The summed E-state index contributed by atoms with van der Waals surface area (Å²) in [5.74, 6) is -11.4. The van der Waals surface area contributed by atoms with E-state index in [0.29, 0.717) is 25.7 Å². The van der Waals surface area contributed by atoms with Crippen LogP contribution in [0, 0.1) is 40.9 Å². The molecule has 0 aliphatic heterocycles. The third-order valence-electron chi connectivity index (χ3n) is 7.17. The van der Waals surface area contributed by atoms with Crippen LogP contribution in [0.1, 0.15) is 89.0 Å². The molecule has 0 heterocycles. The molecule has 1 saturated carbocycles. The maximum Gasteiger partial charge on any atom is 0.285 e. The van der Waals surface area contributed by atoms with Crippen molar-refractivity contribution in [3.8, 4) is 0 Å². The highest BCUT2D eigenvalue weighted by Gasteiger charge is 2.45. The lowest BCUT2D eigenvalue weighted by Crippen LogP contribution is -2.48. The SMILES string of the molecule is CCCCCCCCC(C1CCC(c2c(F)c(F)c(F)c(F)c2F)CC1)C(OC)(OC)OC. The van der Waals surface area contributed by atoms with Crippen molar-refractivity contribution in [2.45, 2.75) is 89.4 Å². The maximum absolute atomic E-state index is 14.3. The number of benzene rings is 1. The van der Waals surface area contributed by atoms with Gasteiger partial charge >= 0.3 is 0 Å². The van der Waals surface area contributed by atoms with E-state index in [4.69, 9.17) is 14.2 Å². The minimum absolute atomic E-state index is 0.0676. The minimum atomic E-state index is -2.12. The van der Waals surface area contributed by atoms with Crippen LogP contribution in [0.3, 0.4) is 0 Å². The Bertz CT molecular complexity index is 709. The van der Waals surface area contributed by atoms with Crippen molar-refractivity contribution in [1.29, 1.82) is 0 Å². The molecule has 8 heteroatoms. The van der Waals surface area contributed by atoms with Crippen LogP contribution in [-0.4, -0.2) is 27.3 Å². The lowest BCUT2D eigenvalue weighted by Gasteiger charge is -2.43. The van der Waals surface area contributed by atoms with Crippen LogP contribution in [0.2, 0.25) is 0 Å². The monoisotopic (exact) mass is 480 g/mol. The summed E-state index contributed by atoms with van der Waals surface area (Å²) in [7, 11) is 4.55. The van der Waals surface area contributed by atoms with Gasteiger partial charge in [-0.2, -0.15) is 0 Å². The Morgan fingerprint density at radius 3 is 1.64 bits per heavy atom. The highest BCUT2D eigenvalue weighted by molar-refractivity contribution is 5.28. The van der Waals surface area contributed by atoms with E-state index < -0.39 is 46.5 Å². The Labute approximate surface area is 194 Å². The molecule has 1 aromatic carbocycles. The summed E-state index contributed by atoms with van der Waals surface area (Å²) in [6.45, 7) is 2.17. The predicted octanol–water partition coefficient (Wildman–Crippen LogP) is 7.62. The summed E-state index contributed by atoms with van der Waals surface area (Å²) < 4.78 is 86.3. The third-order valence-corrected chi connectivity index (χ3v) is 7.17. The van der Waals surface area contributed by atoms with Crippen LogP contribution in [-0.2, 0) is 14.2 Å². The van der Waals surface area contributed by atoms with Crippen molar-refractivity contribution < 1.29 is 36.2 Å². The molecular weight excluding hydrogens is 443 g/mol. The van der Waals surface area contributed by atoms with E-state index >= 15 is 0 Å². The molecule has 3 nitrogen and oxygen atoms in total. The van der Waals surface area contributed by atoms with Gasteiger partial charge in [-0.05, 0) is 43.9 Å². The van der Waals surface area contributed by atoms with E-state index in [1.807, 2.05) is 0 Å². The van der Waals surface area contributed by atoms with Crippen molar-refractivity contribution in [2.75, 3.05) is 21.3 Å². The Hall–Kier alpha value is -1.25. The molecule has 0 radical (unpaired) electrons. The van der Waals surface area contributed by atoms with E-state index in [-0.39, 0.29) is 11.8 Å². The largest absolute Gasteiger partial charge is 0.331 e. The first-order chi connectivity index (χ1) is 15.8. The smallest absolute Gasteiger partial charge is 0.285 e. The molecule has 0 aromatic heterocycles. The first kappa shape index (κ1) is 28.0. The minimum Gasteiger partial charge on any atom is -0.331 e. The number of ether oxygens (including phenoxy) is 3. The van der Waals surface area contributed by atoms with Gasteiger partial charge in [0.25, 0.3) is 5.97 Å². The Morgan fingerprint density at radius 1 is 0.697 bits per heavy atom. The molecule has 33 heavy (non-hydrogen) atoms. The average molecular weight is 481 g/mol. The summed E-state index contributed by atoms with van der Waals surface area (Å²) in [5, 5.41) is 0. The molecule has 1 aromatic rings. The first-order valence-electron chi connectivity index (χ1n) is 11.9. The average Bonchev–Trinajstić information content (AvgIpc) is 2.84. The Kier molecular flexibility index (Phi) is 11.0. The lowest BCUT2D eigenvalue weighted by molar-refractivity contribution is -0.387. The van der Waals surface area contributed by atoms with Crippen molar-refractivity contribution in [3.05, 3.63) is 34.6 Å². The Morgan fingerprint density at radius 2 is 1.15 bits per heavy atom. The fraction of sp³-hybridized carbons (Fsp3) is 0.760. The molecule has 1 aliphatic rings. The molecule has 190 valence electrons. The number of methoxy groups -OCH3 is 3. The first-order valence-corrected chi connectivity index (χ1v) is 11.9. The molecule has 0 spiro atoms. The van der Waals surface area contributed by atoms with Gasteiger partial charge in [0.05, 0.1) is 0 Å². The molecule has 0 bridgehead atoms. The Balaban J connectivity index is 2.14. The van der Waals surface area contributed by atoms with Crippen LogP contribution in [0.25, 0.3) is 0 Å². The van der Waals surface area contributed by atoms with Crippen molar-refractivity contribution >= 4 is 0 Å². The van der Waals surface area contributed by atoms with Crippen LogP contribution in [0.5, 0.6) is 0 Å². The van der Waals surface area contributed by atoms with Gasteiger partial charge in [0.2, 0.25) is 5.82 Å². The third kappa shape index (κ3) is 6.25. The van der Waals surface area contributed by atoms with E-state index in [1.54, 1.807) is 0 Å². The van der Waals surface area contributed by atoms with Gasteiger partial charge in [-0.15, -0.1) is 0 Å². The zero-order valence-corrected chi connectivity index (χ0v) is 20.1. The number of unbranched alkanes of at least 4 members (excludes halogenated alkanes) is 5. The summed E-state index contributed by atoms with van der Waals surface area (Å²) in [6, 6.07) is 0. The highest BCUT2D eigenvalue weighted by Crippen LogP contribution is 2.46. The van der Waals surface area contributed by atoms with Gasteiger partial charge in [-0.3, -0.25) is 0 Å². The van der Waals surface area contributed by atoms with Crippen molar-refractivity contribution in [1.82, 2.24) is 0 Å². The number of halogens is 5. The fourth-order valence-corrected chi connectivity index (χ4v) is 5.34. The zero-order valence-electron chi connectivity index (χ0n) is 20.1. The standard InChI is InChI=1S/C25H37F5O3/c1-5-6-7-8-9-10-11-18(25(31-2,32-3)33-4)16-12-14-17(15-13-16)19-20(26)22(28)24(30)23(29)21(19)27/h16-18H,5-15H2,1-4H3. The van der Waals surface area contributed by atoms with E-state index in [0.717, 1.165) is 25.7 Å². The summed E-state index contributed by atoms with van der Waals surface area (Å²) in [4.78, 5) is 0. The zero-order chi connectivity index (χ0) is 24.6. The van der Waals surface area contributed by atoms with Crippen LogP contribution < -0.4 is 0 Å². The molecule has 1 aliphatic carbocycles. The second kappa shape index (κ2) is 13.0. The summed E-state index contributed by atoms with van der Waals surface area (Å²) >= 11 is 0. The predicted molar refractivity (Wildman–Crippen MR) is 116 cm³/mol. The van der Waals surface area contributed by atoms with E-state index in [9.17, 15) is 22.0 Å². The van der Waals surface area contributed by atoms with Gasteiger partial charge in [0, 0.05) is 32.8 Å². The molecule has 0 saturated heterocycles. The van der Waals surface area contributed by atoms with Crippen LogP contribution in [0.15, 0.2) is 0 Å². The fourth-order valence-electron chi connectivity index (χ4n) is 5.34. The van der Waals surface area contributed by atoms with Crippen LogP contribution >= 0.6 is 0 Å². The van der Waals surface area contributed by atoms with Crippen molar-refractivity contribution in [3.63, 3.8) is 0 Å². The van der Waals surface area contributed by atoms with E-state index in [2.05, 4.69) is 6.92 Å². The van der Waals surface area contributed by atoms with Crippen molar-refractivity contribution in [2.24, 2.45) is 11.8 Å². The molecule has 1 unspecified atom stereocenters. The molecule has 1 atom stereocenters. The molecule has 0 N–H and O–H groups in total. The topological polar surface area (TPSA) is 27.7 Å². The maximum atomic E-state index is 14.3. The molecule has 0 amide bonds. The van der Waals surface area contributed by atoms with E-state index in [1.165, 1.54) is 40.6 Å². The highest BCUT2D eigenvalue weighted by atomic mass is 19.2. The number of hydrogen-bond acceptors (Lipinski definition) is 3. The lowest BCUT2D eigenvalue weighted by atomic mass is 9.71. The second-order valence-electron chi connectivity index (χ2n) is 8.97. The molecular formula is C25H37F5O3. The van der Waals surface area contributed by atoms with Gasteiger partial charge < -0.3 is 14.2 Å². The van der Waals surface area contributed by atoms with Gasteiger partial charge in [0.1, 0.15) is 0 Å². The molecule has 2 rings (SSSR count). The van der Waals surface area contributed by atoms with Gasteiger partial charge in [0.15, 0.2) is 23.3 Å². The molecule has 1 fully saturated rings. The number of rotatable bonds is 13. The normalized spacial score (nSPS) is 20.3. The second-order valence-corrected chi connectivity index (χ2v) is 8.97.